The molecule has 2 N–H and O–H groups in total. The predicted molar refractivity (Wildman–Crippen MR) is 119 cm³/mol. The first-order chi connectivity index (χ1) is 14.3. The molecular formula is C21H21N3O4S2. The molecule has 0 spiro atoms. The topological polar surface area (TPSA) is 101 Å². The van der Waals surface area contributed by atoms with Crippen molar-refractivity contribution in [2.24, 2.45) is 4.99 Å². The molecule has 9 heteroatoms. The van der Waals surface area contributed by atoms with E-state index in [0.717, 1.165) is 22.9 Å². The van der Waals surface area contributed by atoms with Crippen LogP contribution >= 0.6 is 11.8 Å². The van der Waals surface area contributed by atoms with Crippen LogP contribution in [0.1, 0.15) is 12.5 Å². The van der Waals surface area contributed by atoms with Gasteiger partial charge in [0.1, 0.15) is 5.75 Å². The molecule has 0 bridgehead atoms. The van der Waals surface area contributed by atoms with Crippen LogP contribution in [0, 0.1) is 0 Å². The van der Waals surface area contributed by atoms with Gasteiger partial charge in [0, 0.05) is 34.7 Å². The van der Waals surface area contributed by atoms with Crippen LogP contribution in [0.2, 0.25) is 0 Å². The summed E-state index contributed by atoms with van der Waals surface area (Å²) in [6, 6.07) is 13.6. The maximum atomic E-state index is 13.3. The zero-order valence-electron chi connectivity index (χ0n) is 16.5. The molecule has 1 unspecified atom stereocenters. The summed E-state index contributed by atoms with van der Waals surface area (Å²) >= 11 is 1.48. The van der Waals surface area contributed by atoms with Crippen molar-refractivity contribution in [2.75, 3.05) is 18.6 Å². The van der Waals surface area contributed by atoms with Crippen LogP contribution in [0.15, 0.2) is 64.6 Å². The number of fused-ring (bicyclic) bond motifs is 1. The van der Waals surface area contributed by atoms with Crippen LogP contribution < -0.4 is 10.1 Å². The van der Waals surface area contributed by atoms with Crippen molar-refractivity contribution < 1.29 is 17.9 Å². The molecule has 2 aromatic carbocycles. The number of H-pyrrole nitrogens is 1. The Balaban J connectivity index is 1.72. The number of aromatic nitrogens is 1. The van der Waals surface area contributed by atoms with Crippen LogP contribution in [-0.2, 0) is 20.2 Å². The van der Waals surface area contributed by atoms with Gasteiger partial charge in [-0.05, 0) is 43.3 Å². The maximum absolute atomic E-state index is 13.3. The molecule has 4 rings (SSSR count). The summed E-state index contributed by atoms with van der Waals surface area (Å²) in [5.74, 6) is 0.963. The third kappa shape index (κ3) is 4.08. The molecule has 1 aromatic heterocycles. The van der Waals surface area contributed by atoms with Gasteiger partial charge in [-0.25, -0.2) is 8.42 Å². The van der Waals surface area contributed by atoms with Gasteiger partial charge < -0.3 is 15.0 Å². The molecule has 0 radical (unpaired) electrons. The minimum absolute atomic E-state index is 0.179. The highest BCUT2D eigenvalue weighted by Crippen LogP contribution is 2.31. The molecule has 156 valence electrons. The molecule has 1 aliphatic rings. The van der Waals surface area contributed by atoms with Crippen LogP contribution in [0.3, 0.4) is 0 Å². The van der Waals surface area contributed by atoms with Gasteiger partial charge >= 0.3 is 0 Å². The Morgan fingerprint density at radius 2 is 1.97 bits per heavy atom. The third-order valence-electron chi connectivity index (χ3n) is 4.92. The van der Waals surface area contributed by atoms with Crippen molar-refractivity contribution in [3.05, 3.63) is 60.3 Å². The number of ether oxygens (including phenoxy) is 1. The van der Waals surface area contributed by atoms with Crippen LogP contribution in [0.5, 0.6) is 5.75 Å². The Bertz CT molecular complexity index is 1230. The molecule has 30 heavy (non-hydrogen) atoms. The Morgan fingerprint density at radius 1 is 1.20 bits per heavy atom. The molecular weight excluding hydrogens is 422 g/mol. The summed E-state index contributed by atoms with van der Waals surface area (Å²) in [5.41, 5.74) is 0.0963. The number of hydrogen-bond acceptors (Lipinski definition) is 6. The molecule has 0 saturated heterocycles. The van der Waals surface area contributed by atoms with Crippen LogP contribution in [0.25, 0.3) is 10.9 Å². The fourth-order valence-electron chi connectivity index (χ4n) is 3.21. The van der Waals surface area contributed by atoms with Gasteiger partial charge in [-0.2, -0.15) is 0 Å². The van der Waals surface area contributed by atoms with E-state index in [4.69, 9.17) is 4.74 Å². The average molecular weight is 444 g/mol. The lowest BCUT2D eigenvalue weighted by atomic mass is 9.94. The summed E-state index contributed by atoms with van der Waals surface area (Å²) in [7, 11) is -3.35. The second-order valence-electron chi connectivity index (χ2n) is 7.15. The monoisotopic (exact) mass is 443 g/mol. The minimum Gasteiger partial charge on any atom is -0.473 e. The van der Waals surface area contributed by atoms with E-state index in [0.29, 0.717) is 23.0 Å². The van der Waals surface area contributed by atoms with Crippen LogP contribution in [0.4, 0.5) is 0 Å². The Hall–Kier alpha value is -2.78. The smallest absolute Gasteiger partial charge is 0.274 e. The number of carbonyl (C=O) groups excluding carboxylic acids is 1. The van der Waals surface area contributed by atoms with Gasteiger partial charge in [0.15, 0.2) is 15.0 Å². The van der Waals surface area contributed by atoms with Gasteiger partial charge in [0.25, 0.3) is 5.91 Å². The minimum atomic E-state index is -3.35. The average Bonchev–Trinajstić information content (AvgIpc) is 3.38. The highest BCUT2D eigenvalue weighted by atomic mass is 32.2. The third-order valence-corrected chi connectivity index (χ3v) is 6.94. The Kier molecular flexibility index (Phi) is 5.33. The molecule has 3 aromatic rings. The van der Waals surface area contributed by atoms with Crippen molar-refractivity contribution >= 4 is 43.6 Å². The molecule has 1 amide bonds. The number of sulfone groups is 1. The Labute approximate surface area is 178 Å². The number of amides is 1. The zero-order chi connectivity index (χ0) is 21.4. The van der Waals surface area contributed by atoms with E-state index < -0.39 is 15.4 Å². The number of nitrogens with one attached hydrogen (secondary N) is 2. The maximum Gasteiger partial charge on any atom is 0.274 e. The van der Waals surface area contributed by atoms with E-state index in [1.807, 2.05) is 24.4 Å². The van der Waals surface area contributed by atoms with E-state index in [-0.39, 0.29) is 10.8 Å². The van der Waals surface area contributed by atoms with Crippen LogP contribution in [-0.4, -0.2) is 43.0 Å². The van der Waals surface area contributed by atoms with Crippen molar-refractivity contribution in [1.82, 2.24) is 10.3 Å². The number of carbonyl (C=O) groups is 1. The molecule has 0 saturated carbocycles. The first-order valence-corrected chi connectivity index (χ1v) is 12.2. The zero-order valence-corrected chi connectivity index (χ0v) is 18.1. The van der Waals surface area contributed by atoms with Gasteiger partial charge in [0.05, 0.1) is 11.4 Å². The summed E-state index contributed by atoms with van der Waals surface area (Å²) in [4.78, 5) is 20.8. The van der Waals surface area contributed by atoms with Gasteiger partial charge in [0.2, 0.25) is 5.60 Å². The summed E-state index contributed by atoms with van der Waals surface area (Å²) in [6.45, 7) is 2.32. The lowest BCUT2D eigenvalue weighted by Crippen LogP contribution is -2.47. The quantitative estimate of drug-likeness (QED) is 0.631. The second kappa shape index (κ2) is 7.81. The molecule has 0 aliphatic carbocycles. The SMILES string of the molecule is CC(Oc1ccc2[nH]ccc2c1)(C(=O)NC1=NCCS1)c1ccc(S(C)(=O)=O)cc1. The number of nitrogens with zero attached hydrogens (tertiary/aromatic N) is 1. The first-order valence-electron chi connectivity index (χ1n) is 9.31. The lowest BCUT2D eigenvalue weighted by molar-refractivity contribution is -0.134. The molecule has 1 aliphatic heterocycles. The van der Waals surface area contributed by atoms with Gasteiger partial charge in [-0.3, -0.25) is 9.79 Å². The first kappa shape index (κ1) is 20.5. The van der Waals surface area contributed by atoms with E-state index in [9.17, 15) is 13.2 Å². The lowest BCUT2D eigenvalue weighted by Gasteiger charge is -2.30. The second-order valence-corrected chi connectivity index (χ2v) is 10.2. The highest BCUT2D eigenvalue weighted by molar-refractivity contribution is 8.14. The Morgan fingerprint density at radius 3 is 2.63 bits per heavy atom. The summed E-state index contributed by atoms with van der Waals surface area (Å²) in [5, 5.41) is 4.36. The molecule has 0 fully saturated rings. The largest absolute Gasteiger partial charge is 0.473 e. The number of aromatic amines is 1. The summed E-state index contributed by atoms with van der Waals surface area (Å²) in [6.07, 6.45) is 2.98. The molecule has 7 nitrogen and oxygen atoms in total. The van der Waals surface area contributed by atoms with E-state index >= 15 is 0 Å². The van der Waals surface area contributed by atoms with Crippen molar-refractivity contribution in [3.8, 4) is 5.75 Å². The van der Waals surface area contributed by atoms with E-state index in [1.165, 1.54) is 23.9 Å². The van der Waals surface area contributed by atoms with E-state index in [1.54, 1.807) is 25.1 Å². The van der Waals surface area contributed by atoms with Crippen molar-refractivity contribution in [3.63, 3.8) is 0 Å². The summed E-state index contributed by atoms with van der Waals surface area (Å²) < 4.78 is 29.9. The normalized spacial score (nSPS) is 16.1. The van der Waals surface area contributed by atoms with Crippen molar-refractivity contribution in [2.45, 2.75) is 17.4 Å². The van der Waals surface area contributed by atoms with Gasteiger partial charge in [-0.1, -0.05) is 23.9 Å². The number of aliphatic imine (C=N–C) groups is 1. The number of rotatable bonds is 5. The number of thioether (sulfide) groups is 1. The fourth-order valence-corrected chi connectivity index (χ4v) is 4.57. The number of benzene rings is 2. The number of hydrogen-bond donors (Lipinski definition) is 2. The molecule has 1 atom stereocenters. The number of amidine groups is 1. The predicted octanol–water partition coefficient (Wildman–Crippen LogP) is 3.08. The van der Waals surface area contributed by atoms with Gasteiger partial charge in [-0.15, -0.1) is 0 Å². The molecule has 2 heterocycles. The van der Waals surface area contributed by atoms with E-state index in [2.05, 4.69) is 15.3 Å². The standard InChI is InChI=1S/C21H21N3O4S2/c1-21(19(25)24-20-23-11-12-29-20,15-3-6-17(7-4-15)30(2,26)27)28-16-5-8-18-14(13-16)9-10-22-18/h3-10,13,22H,11-12H2,1-2H3,(H,23,24,25). The van der Waals surface area contributed by atoms with Crippen molar-refractivity contribution in [1.29, 1.82) is 0 Å². The fraction of sp³-hybridized carbons (Fsp3) is 0.238. The highest BCUT2D eigenvalue weighted by Gasteiger charge is 2.39.